The summed E-state index contributed by atoms with van der Waals surface area (Å²) in [7, 11) is 1.64. The molecule has 0 spiro atoms. The van der Waals surface area contributed by atoms with Crippen LogP contribution in [0.2, 0.25) is 0 Å². The van der Waals surface area contributed by atoms with E-state index in [4.69, 9.17) is 10.5 Å². The summed E-state index contributed by atoms with van der Waals surface area (Å²) in [6.45, 7) is 0. The molecule has 0 bridgehead atoms. The maximum atomic E-state index is 6.04. The highest BCUT2D eigenvalue weighted by Gasteiger charge is 2.12. The number of rotatable bonds is 4. The van der Waals surface area contributed by atoms with Crippen LogP contribution in [0, 0.1) is 0 Å². The van der Waals surface area contributed by atoms with Gasteiger partial charge in [-0.2, -0.15) is 5.10 Å². The lowest BCUT2D eigenvalue weighted by Gasteiger charge is -2.11. The number of halogens is 1. The molecule has 90 valence electrons. The lowest BCUT2D eigenvalue weighted by Crippen LogP contribution is -2.15. The van der Waals surface area contributed by atoms with E-state index in [0.717, 1.165) is 15.8 Å². The topological polar surface area (TPSA) is 76.8 Å². The molecule has 2 rings (SSSR count). The fourth-order valence-electron chi connectivity index (χ4n) is 1.56. The Hall–Kier alpha value is -1.40. The lowest BCUT2D eigenvalue weighted by molar-refractivity contribution is 0.414. The van der Waals surface area contributed by atoms with Gasteiger partial charge in [0.05, 0.1) is 13.2 Å². The Morgan fingerprint density at radius 1 is 1.53 bits per heavy atom. The zero-order valence-electron chi connectivity index (χ0n) is 9.35. The van der Waals surface area contributed by atoms with Crippen molar-refractivity contribution < 1.29 is 4.74 Å². The van der Waals surface area contributed by atoms with Gasteiger partial charge < -0.3 is 10.5 Å². The summed E-state index contributed by atoms with van der Waals surface area (Å²) in [5.74, 6) is 1.49. The first-order chi connectivity index (χ1) is 8.20. The summed E-state index contributed by atoms with van der Waals surface area (Å²) in [5.41, 5.74) is 7.11. The minimum Gasteiger partial charge on any atom is -0.497 e. The van der Waals surface area contributed by atoms with Crippen molar-refractivity contribution in [3.8, 4) is 5.75 Å². The molecule has 1 heterocycles. The van der Waals surface area contributed by atoms with Crippen molar-refractivity contribution in [2.45, 2.75) is 12.5 Å². The third-order valence-electron chi connectivity index (χ3n) is 2.48. The Bertz CT molecular complexity index is 486. The zero-order valence-corrected chi connectivity index (χ0v) is 10.9. The van der Waals surface area contributed by atoms with Crippen LogP contribution in [0.15, 0.2) is 29.0 Å². The van der Waals surface area contributed by atoms with Crippen LogP contribution in [-0.2, 0) is 6.42 Å². The number of nitrogens with zero attached hydrogens (tertiary/aromatic N) is 2. The number of hydrogen-bond donors (Lipinski definition) is 2. The number of hydrogen-bond acceptors (Lipinski definition) is 4. The van der Waals surface area contributed by atoms with Gasteiger partial charge in [0.15, 0.2) is 0 Å². The van der Waals surface area contributed by atoms with Crippen molar-refractivity contribution in [2.24, 2.45) is 5.73 Å². The van der Waals surface area contributed by atoms with Crippen LogP contribution in [0.3, 0.4) is 0 Å². The van der Waals surface area contributed by atoms with E-state index in [1.165, 1.54) is 6.33 Å². The Morgan fingerprint density at radius 2 is 2.35 bits per heavy atom. The third kappa shape index (κ3) is 2.83. The summed E-state index contributed by atoms with van der Waals surface area (Å²) < 4.78 is 6.19. The first-order valence-electron chi connectivity index (χ1n) is 5.14. The standard InChI is InChI=1S/C11H13BrN4O/c1-17-8-2-3-9(12)7(4-8)5-10(13)11-14-6-15-16-11/h2-4,6,10H,5,13H2,1H3,(H,14,15,16). The molecule has 17 heavy (non-hydrogen) atoms. The second-order valence-electron chi connectivity index (χ2n) is 3.64. The molecule has 1 unspecified atom stereocenters. The molecule has 1 aromatic heterocycles. The summed E-state index contributed by atoms with van der Waals surface area (Å²) in [6, 6.07) is 5.59. The van der Waals surface area contributed by atoms with Crippen LogP contribution < -0.4 is 10.5 Å². The summed E-state index contributed by atoms with van der Waals surface area (Å²) in [6.07, 6.45) is 2.11. The molecule has 2 aromatic rings. The van der Waals surface area contributed by atoms with Crippen molar-refractivity contribution >= 4 is 15.9 Å². The first kappa shape index (κ1) is 12.1. The van der Waals surface area contributed by atoms with Crippen molar-refractivity contribution in [3.05, 3.63) is 40.4 Å². The first-order valence-corrected chi connectivity index (χ1v) is 5.93. The van der Waals surface area contributed by atoms with Gasteiger partial charge in [-0.05, 0) is 30.2 Å². The van der Waals surface area contributed by atoms with E-state index >= 15 is 0 Å². The summed E-state index contributed by atoms with van der Waals surface area (Å²) in [5, 5.41) is 6.56. The van der Waals surface area contributed by atoms with E-state index < -0.39 is 0 Å². The second-order valence-corrected chi connectivity index (χ2v) is 4.49. The summed E-state index contributed by atoms with van der Waals surface area (Å²) in [4.78, 5) is 4.05. The van der Waals surface area contributed by atoms with E-state index in [-0.39, 0.29) is 6.04 Å². The molecule has 0 saturated heterocycles. The van der Waals surface area contributed by atoms with E-state index in [9.17, 15) is 0 Å². The van der Waals surface area contributed by atoms with Crippen LogP contribution in [0.4, 0.5) is 0 Å². The van der Waals surface area contributed by atoms with Crippen molar-refractivity contribution in [3.63, 3.8) is 0 Å². The Balaban J connectivity index is 2.18. The number of aromatic nitrogens is 3. The van der Waals surface area contributed by atoms with Gasteiger partial charge in [0, 0.05) is 4.47 Å². The molecule has 0 aliphatic heterocycles. The quantitative estimate of drug-likeness (QED) is 0.902. The highest BCUT2D eigenvalue weighted by molar-refractivity contribution is 9.10. The number of H-pyrrole nitrogens is 1. The number of nitrogens with two attached hydrogens (primary N) is 1. The fraction of sp³-hybridized carbons (Fsp3) is 0.273. The minimum atomic E-state index is -0.207. The average molecular weight is 297 g/mol. The summed E-state index contributed by atoms with van der Waals surface area (Å²) >= 11 is 3.49. The molecular formula is C11H13BrN4O. The van der Waals surface area contributed by atoms with Gasteiger partial charge >= 0.3 is 0 Å². The molecule has 3 N–H and O–H groups in total. The molecule has 0 aliphatic rings. The highest BCUT2D eigenvalue weighted by atomic mass is 79.9. The van der Waals surface area contributed by atoms with Crippen molar-refractivity contribution in [1.29, 1.82) is 0 Å². The maximum absolute atomic E-state index is 6.04. The van der Waals surface area contributed by atoms with E-state index in [1.807, 2.05) is 18.2 Å². The van der Waals surface area contributed by atoms with Crippen LogP contribution in [0.5, 0.6) is 5.75 Å². The van der Waals surface area contributed by atoms with Crippen LogP contribution in [0.25, 0.3) is 0 Å². The van der Waals surface area contributed by atoms with Gasteiger partial charge in [0.25, 0.3) is 0 Å². The van der Waals surface area contributed by atoms with Gasteiger partial charge in [-0.25, -0.2) is 4.98 Å². The predicted octanol–water partition coefficient (Wildman–Crippen LogP) is 1.82. The normalized spacial score (nSPS) is 12.4. The molecule has 0 radical (unpaired) electrons. The third-order valence-corrected chi connectivity index (χ3v) is 3.25. The molecule has 5 nitrogen and oxygen atoms in total. The van der Waals surface area contributed by atoms with E-state index in [1.54, 1.807) is 7.11 Å². The molecular weight excluding hydrogens is 284 g/mol. The van der Waals surface area contributed by atoms with Crippen molar-refractivity contribution in [1.82, 2.24) is 15.2 Å². The Kier molecular flexibility index (Phi) is 3.75. The second kappa shape index (κ2) is 5.29. The Labute approximate surface area is 108 Å². The smallest absolute Gasteiger partial charge is 0.141 e. The van der Waals surface area contributed by atoms with Gasteiger partial charge in [-0.1, -0.05) is 15.9 Å². The molecule has 0 saturated carbocycles. The monoisotopic (exact) mass is 296 g/mol. The van der Waals surface area contributed by atoms with Crippen LogP contribution >= 0.6 is 15.9 Å². The molecule has 0 aliphatic carbocycles. The average Bonchev–Trinajstić information content (AvgIpc) is 2.85. The molecule has 6 heteroatoms. The number of nitrogens with one attached hydrogen (secondary N) is 1. The van der Waals surface area contributed by atoms with E-state index in [0.29, 0.717) is 12.2 Å². The molecule has 0 amide bonds. The van der Waals surface area contributed by atoms with Gasteiger partial charge in [-0.3, -0.25) is 5.10 Å². The SMILES string of the molecule is COc1ccc(Br)c(CC(N)c2ncn[nH]2)c1. The number of benzene rings is 1. The van der Waals surface area contributed by atoms with Gasteiger partial charge in [0.1, 0.15) is 17.9 Å². The van der Waals surface area contributed by atoms with Gasteiger partial charge in [-0.15, -0.1) is 0 Å². The number of ether oxygens (including phenoxy) is 1. The van der Waals surface area contributed by atoms with Crippen LogP contribution in [0.1, 0.15) is 17.4 Å². The number of methoxy groups -OCH3 is 1. The van der Waals surface area contributed by atoms with Crippen LogP contribution in [-0.4, -0.2) is 22.3 Å². The fourth-order valence-corrected chi connectivity index (χ4v) is 1.97. The minimum absolute atomic E-state index is 0.207. The Morgan fingerprint density at radius 3 is 3.00 bits per heavy atom. The zero-order chi connectivity index (χ0) is 12.3. The predicted molar refractivity (Wildman–Crippen MR) is 67.7 cm³/mol. The maximum Gasteiger partial charge on any atom is 0.141 e. The lowest BCUT2D eigenvalue weighted by atomic mass is 10.1. The largest absolute Gasteiger partial charge is 0.497 e. The molecule has 1 aromatic carbocycles. The van der Waals surface area contributed by atoms with E-state index in [2.05, 4.69) is 31.1 Å². The molecule has 0 fully saturated rings. The number of aromatic amines is 1. The van der Waals surface area contributed by atoms with Gasteiger partial charge in [0.2, 0.25) is 0 Å². The van der Waals surface area contributed by atoms with Crippen molar-refractivity contribution in [2.75, 3.05) is 7.11 Å². The molecule has 1 atom stereocenters. The highest BCUT2D eigenvalue weighted by Crippen LogP contribution is 2.25.